The Morgan fingerprint density at radius 3 is 1.09 bits per heavy atom. The third kappa shape index (κ3) is 7.96. The van der Waals surface area contributed by atoms with Gasteiger partial charge < -0.3 is 10.2 Å². The molecule has 0 aliphatic carbocycles. The summed E-state index contributed by atoms with van der Waals surface area (Å²) in [7, 11) is 0. The van der Waals surface area contributed by atoms with E-state index in [1.165, 1.54) is 0 Å². The molecule has 0 aromatic heterocycles. The lowest BCUT2D eigenvalue weighted by molar-refractivity contribution is 1.28. The van der Waals surface area contributed by atoms with Gasteiger partial charge in [0.2, 0.25) is 0 Å². The minimum atomic E-state index is 1.07. The molecule has 0 bridgehead atoms. The maximum absolute atomic E-state index is 3.43. The predicted octanol–water partition coefficient (Wildman–Crippen LogP) is 9.98. The molecule has 1 N–H and O–H groups in total. The van der Waals surface area contributed by atoms with Crippen molar-refractivity contribution in [2.24, 2.45) is 0 Å². The molecule has 0 amide bonds. The summed E-state index contributed by atoms with van der Waals surface area (Å²) < 4.78 is 0. The van der Waals surface area contributed by atoms with E-state index in [0.717, 1.165) is 28.4 Å². The Morgan fingerprint density at radius 2 is 0.688 bits per heavy atom. The van der Waals surface area contributed by atoms with Crippen molar-refractivity contribution < 1.29 is 0 Å². The molecule has 0 aliphatic rings. The molecule has 4 rings (SSSR count). The van der Waals surface area contributed by atoms with E-state index >= 15 is 0 Å². The zero-order chi connectivity index (χ0) is 23.6. The fourth-order valence-electron chi connectivity index (χ4n) is 2.98. The number of para-hydroxylation sites is 3. The molecule has 0 heterocycles. The van der Waals surface area contributed by atoms with Gasteiger partial charge in [-0.3, -0.25) is 0 Å². The van der Waals surface area contributed by atoms with Crippen molar-refractivity contribution in [3.8, 4) is 0 Å². The van der Waals surface area contributed by atoms with E-state index in [1.807, 2.05) is 71.9 Å². The lowest BCUT2D eigenvalue weighted by atomic mass is 10.2. The lowest BCUT2D eigenvalue weighted by Crippen LogP contribution is -2.09. The Morgan fingerprint density at radius 1 is 0.375 bits per heavy atom. The molecule has 0 saturated heterocycles. The van der Waals surface area contributed by atoms with Crippen molar-refractivity contribution in [1.29, 1.82) is 0 Å². The molecule has 0 fully saturated rings. The Bertz CT molecular complexity index is 895. The molecule has 168 valence electrons. The predicted molar refractivity (Wildman–Crippen MR) is 145 cm³/mol. The molecule has 2 nitrogen and oxygen atoms in total. The average molecular weight is 427 g/mol. The molecule has 0 saturated carbocycles. The van der Waals surface area contributed by atoms with Gasteiger partial charge in [0.1, 0.15) is 0 Å². The first kappa shape index (κ1) is 26.5. The monoisotopic (exact) mass is 426 g/mol. The van der Waals surface area contributed by atoms with Crippen LogP contribution < -0.4 is 10.2 Å². The molecule has 0 aliphatic heterocycles. The van der Waals surface area contributed by atoms with E-state index < -0.39 is 0 Å². The van der Waals surface area contributed by atoms with Gasteiger partial charge in [-0.2, -0.15) is 0 Å². The van der Waals surface area contributed by atoms with Crippen LogP contribution in [-0.4, -0.2) is 0 Å². The van der Waals surface area contributed by atoms with Crippen molar-refractivity contribution >= 4 is 28.4 Å². The van der Waals surface area contributed by atoms with Gasteiger partial charge >= 0.3 is 0 Å². The van der Waals surface area contributed by atoms with Gasteiger partial charge in [0.15, 0.2) is 0 Å². The summed E-state index contributed by atoms with van der Waals surface area (Å²) in [4.78, 5) is 2.26. The summed E-state index contributed by atoms with van der Waals surface area (Å²) in [5.74, 6) is 0. The largest absolute Gasteiger partial charge is 0.356 e. The second-order valence-corrected chi connectivity index (χ2v) is 6.04. The topological polar surface area (TPSA) is 15.3 Å². The second kappa shape index (κ2) is 16.2. The molecule has 2 heteroatoms. The highest BCUT2D eigenvalue weighted by atomic mass is 15.1. The van der Waals surface area contributed by atoms with Crippen LogP contribution in [0.3, 0.4) is 0 Å². The molecular formula is C30H38N2. The van der Waals surface area contributed by atoms with Crippen molar-refractivity contribution in [2.45, 2.75) is 41.5 Å². The lowest BCUT2D eigenvalue weighted by Gasteiger charge is -2.25. The first-order chi connectivity index (χ1) is 15.9. The van der Waals surface area contributed by atoms with E-state index in [-0.39, 0.29) is 0 Å². The normalized spacial score (nSPS) is 8.94. The van der Waals surface area contributed by atoms with Crippen LogP contribution in [0.4, 0.5) is 28.4 Å². The van der Waals surface area contributed by atoms with Crippen LogP contribution in [-0.2, 0) is 0 Å². The Labute approximate surface area is 195 Å². The van der Waals surface area contributed by atoms with E-state index in [2.05, 4.69) is 95.1 Å². The standard InChI is InChI=1S/C24H20N2.3C2H6/c1-4-10-20(11-5-1)25-21-16-18-24(19-17-21)26(22-12-6-2-7-13-22)23-14-8-3-9-15-23;3*1-2/h1-19,25H;3*1-2H3. The average Bonchev–Trinajstić information content (AvgIpc) is 2.91. The fraction of sp³-hybridized carbons (Fsp3) is 0.200. The Kier molecular flexibility index (Phi) is 13.4. The third-order valence-electron chi connectivity index (χ3n) is 4.22. The van der Waals surface area contributed by atoms with E-state index in [4.69, 9.17) is 0 Å². The smallest absolute Gasteiger partial charge is 0.0463 e. The van der Waals surface area contributed by atoms with Crippen molar-refractivity contribution in [3.63, 3.8) is 0 Å². The SMILES string of the molecule is CC.CC.CC.c1ccc(Nc2ccc(N(c3ccccc3)c3ccccc3)cc2)cc1. The fourth-order valence-corrected chi connectivity index (χ4v) is 2.98. The number of benzene rings is 4. The van der Waals surface area contributed by atoms with Gasteiger partial charge in [-0.1, -0.05) is 96.1 Å². The van der Waals surface area contributed by atoms with Crippen LogP contribution in [0.2, 0.25) is 0 Å². The van der Waals surface area contributed by atoms with Gasteiger partial charge in [0.25, 0.3) is 0 Å². The Balaban J connectivity index is 0.000000789. The Hall–Kier alpha value is -3.52. The highest BCUT2D eigenvalue weighted by Gasteiger charge is 2.11. The number of hydrogen-bond acceptors (Lipinski definition) is 2. The number of nitrogens with zero attached hydrogens (tertiary/aromatic N) is 1. The highest BCUT2D eigenvalue weighted by Crippen LogP contribution is 2.34. The van der Waals surface area contributed by atoms with E-state index in [1.54, 1.807) is 0 Å². The van der Waals surface area contributed by atoms with Crippen LogP contribution in [0.25, 0.3) is 0 Å². The van der Waals surface area contributed by atoms with Crippen molar-refractivity contribution in [3.05, 3.63) is 115 Å². The third-order valence-corrected chi connectivity index (χ3v) is 4.22. The van der Waals surface area contributed by atoms with Gasteiger partial charge in [-0.15, -0.1) is 0 Å². The van der Waals surface area contributed by atoms with Crippen molar-refractivity contribution in [1.82, 2.24) is 0 Å². The van der Waals surface area contributed by atoms with E-state index in [0.29, 0.717) is 0 Å². The summed E-state index contributed by atoms with van der Waals surface area (Å²) in [5.41, 5.74) is 5.56. The molecule has 0 radical (unpaired) electrons. The molecule has 4 aromatic rings. The first-order valence-electron chi connectivity index (χ1n) is 11.7. The molecule has 4 aromatic carbocycles. The maximum atomic E-state index is 3.43. The summed E-state index contributed by atoms with van der Waals surface area (Å²) >= 11 is 0. The number of nitrogens with one attached hydrogen (secondary N) is 1. The first-order valence-corrected chi connectivity index (χ1v) is 11.7. The van der Waals surface area contributed by atoms with Crippen LogP contribution in [0.15, 0.2) is 115 Å². The van der Waals surface area contributed by atoms with Crippen LogP contribution in [0.1, 0.15) is 41.5 Å². The minimum absolute atomic E-state index is 1.07. The minimum Gasteiger partial charge on any atom is -0.356 e. The molecule has 0 atom stereocenters. The number of hydrogen-bond donors (Lipinski definition) is 1. The molecule has 0 unspecified atom stereocenters. The second-order valence-electron chi connectivity index (χ2n) is 6.04. The quantitative estimate of drug-likeness (QED) is 0.341. The number of rotatable bonds is 5. The van der Waals surface area contributed by atoms with Gasteiger partial charge in [0.05, 0.1) is 0 Å². The zero-order valence-corrected chi connectivity index (χ0v) is 20.4. The highest BCUT2D eigenvalue weighted by molar-refractivity contribution is 5.77. The maximum Gasteiger partial charge on any atom is 0.0463 e. The van der Waals surface area contributed by atoms with E-state index in [9.17, 15) is 0 Å². The van der Waals surface area contributed by atoms with Gasteiger partial charge in [0, 0.05) is 28.4 Å². The zero-order valence-electron chi connectivity index (χ0n) is 20.4. The van der Waals surface area contributed by atoms with Crippen molar-refractivity contribution in [2.75, 3.05) is 10.2 Å². The summed E-state index contributed by atoms with van der Waals surface area (Å²) in [6, 6.07) is 39.6. The van der Waals surface area contributed by atoms with Crippen LogP contribution in [0.5, 0.6) is 0 Å². The summed E-state index contributed by atoms with van der Waals surface area (Å²) in [6.07, 6.45) is 0. The van der Waals surface area contributed by atoms with Gasteiger partial charge in [-0.25, -0.2) is 0 Å². The molecule has 0 spiro atoms. The van der Waals surface area contributed by atoms with Crippen LogP contribution >= 0.6 is 0 Å². The molecular weight excluding hydrogens is 388 g/mol. The van der Waals surface area contributed by atoms with Gasteiger partial charge in [-0.05, 0) is 60.7 Å². The molecule has 32 heavy (non-hydrogen) atoms. The van der Waals surface area contributed by atoms with Crippen LogP contribution in [0, 0.1) is 0 Å². The summed E-state index contributed by atoms with van der Waals surface area (Å²) in [5, 5.41) is 3.43. The number of anilines is 5. The summed E-state index contributed by atoms with van der Waals surface area (Å²) in [6.45, 7) is 12.0.